The number of benzene rings is 1. The van der Waals surface area contributed by atoms with E-state index in [1.807, 2.05) is 0 Å². The number of non-ortho nitro benzene ring substituents is 1. The second kappa shape index (κ2) is 5.75. The third kappa shape index (κ3) is 3.26. The maximum absolute atomic E-state index is 11.8. The van der Waals surface area contributed by atoms with Crippen LogP contribution in [0.5, 0.6) is 5.75 Å². The average molecular weight is 296 g/mol. The van der Waals surface area contributed by atoms with Crippen molar-refractivity contribution in [2.24, 2.45) is 0 Å². The standard InChI is InChI=1S/C12H12N2O7/c15-8(4-12(17)18)5-13-9-3-7(14(19)20)1-2-10(9)21-6-11(13)16/h1-3,8,15H,4-6H2,(H,17,18). The zero-order chi connectivity index (χ0) is 15.6. The number of aliphatic hydroxyl groups excluding tert-OH is 1. The lowest BCUT2D eigenvalue weighted by molar-refractivity contribution is -0.384. The van der Waals surface area contributed by atoms with E-state index in [2.05, 4.69) is 0 Å². The van der Waals surface area contributed by atoms with E-state index in [0.29, 0.717) is 0 Å². The summed E-state index contributed by atoms with van der Waals surface area (Å²) in [5, 5.41) is 29.0. The minimum Gasteiger partial charge on any atom is -0.482 e. The van der Waals surface area contributed by atoms with E-state index in [1.165, 1.54) is 12.1 Å². The molecule has 1 heterocycles. The van der Waals surface area contributed by atoms with E-state index >= 15 is 0 Å². The number of carbonyl (C=O) groups excluding carboxylic acids is 1. The number of β-amino-alcohol motifs (C(OH)–C–C–N with tert-alkyl or cyclic N) is 1. The molecule has 2 N–H and O–H groups in total. The first-order chi connectivity index (χ1) is 9.88. The van der Waals surface area contributed by atoms with Crippen molar-refractivity contribution in [2.45, 2.75) is 12.5 Å². The van der Waals surface area contributed by atoms with E-state index in [9.17, 15) is 24.8 Å². The summed E-state index contributed by atoms with van der Waals surface area (Å²) in [4.78, 5) is 33.6. The van der Waals surface area contributed by atoms with E-state index in [0.717, 1.165) is 11.0 Å². The maximum atomic E-state index is 11.8. The summed E-state index contributed by atoms with van der Waals surface area (Å²) in [6, 6.07) is 3.75. The summed E-state index contributed by atoms with van der Waals surface area (Å²) in [5.74, 6) is -1.45. The summed E-state index contributed by atoms with van der Waals surface area (Å²) in [6.45, 7) is -0.548. The molecule has 1 aliphatic heterocycles. The number of aliphatic carboxylic acids is 1. The maximum Gasteiger partial charge on any atom is 0.306 e. The number of carboxylic acids is 1. The minimum atomic E-state index is -1.28. The van der Waals surface area contributed by atoms with Gasteiger partial charge in [0, 0.05) is 12.1 Å². The van der Waals surface area contributed by atoms with Gasteiger partial charge in [0.05, 0.1) is 29.7 Å². The molecule has 0 bridgehead atoms. The van der Waals surface area contributed by atoms with E-state index < -0.39 is 29.3 Å². The van der Waals surface area contributed by atoms with Crippen molar-refractivity contribution in [2.75, 3.05) is 18.1 Å². The number of anilines is 1. The van der Waals surface area contributed by atoms with Crippen molar-refractivity contribution >= 4 is 23.3 Å². The van der Waals surface area contributed by atoms with E-state index in [4.69, 9.17) is 9.84 Å². The largest absolute Gasteiger partial charge is 0.482 e. The molecule has 1 amide bonds. The Kier molecular flexibility index (Phi) is 4.03. The van der Waals surface area contributed by atoms with Crippen LogP contribution >= 0.6 is 0 Å². The fourth-order valence-electron chi connectivity index (χ4n) is 1.98. The molecule has 9 nitrogen and oxygen atoms in total. The van der Waals surface area contributed by atoms with Crippen molar-refractivity contribution < 1.29 is 29.5 Å². The molecule has 0 radical (unpaired) electrons. The van der Waals surface area contributed by atoms with Gasteiger partial charge in [0.2, 0.25) is 0 Å². The van der Waals surface area contributed by atoms with Crippen molar-refractivity contribution in [3.8, 4) is 5.75 Å². The zero-order valence-corrected chi connectivity index (χ0v) is 10.8. The van der Waals surface area contributed by atoms with Gasteiger partial charge in [-0.05, 0) is 6.07 Å². The van der Waals surface area contributed by atoms with Crippen molar-refractivity contribution in [3.63, 3.8) is 0 Å². The van der Waals surface area contributed by atoms with E-state index in [-0.39, 0.29) is 30.3 Å². The summed E-state index contributed by atoms with van der Waals surface area (Å²) in [7, 11) is 0. The fraction of sp³-hybridized carbons (Fsp3) is 0.333. The molecule has 9 heteroatoms. The number of hydrogen-bond acceptors (Lipinski definition) is 6. The zero-order valence-electron chi connectivity index (χ0n) is 10.8. The van der Waals surface area contributed by atoms with Crippen molar-refractivity contribution in [3.05, 3.63) is 28.3 Å². The molecule has 1 aliphatic rings. The lowest BCUT2D eigenvalue weighted by Crippen LogP contribution is -2.43. The van der Waals surface area contributed by atoms with Gasteiger partial charge in [0.25, 0.3) is 11.6 Å². The van der Waals surface area contributed by atoms with Crippen LogP contribution in [0.2, 0.25) is 0 Å². The van der Waals surface area contributed by atoms with Gasteiger partial charge in [-0.3, -0.25) is 19.7 Å². The molecule has 0 aliphatic carbocycles. The molecule has 1 aromatic rings. The summed E-state index contributed by atoms with van der Waals surface area (Å²) in [6.07, 6.45) is -1.81. The topological polar surface area (TPSA) is 130 Å². The van der Waals surface area contributed by atoms with Crippen LogP contribution in [0.3, 0.4) is 0 Å². The monoisotopic (exact) mass is 296 g/mol. The molecular formula is C12H12N2O7. The molecule has 2 rings (SSSR count). The highest BCUT2D eigenvalue weighted by atomic mass is 16.6. The van der Waals surface area contributed by atoms with Gasteiger partial charge in [-0.2, -0.15) is 0 Å². The first-order valence-corrected chi connectivity index (χ1v) is 6.00. The molecular weight excluding hydrogens is 284 g/mol. The van der Waals surface area contributed by atoms with Crippen LogP contribution in [0.4, 0.5) is 11.4 Å². The Labute approximate surface area is 118 Å². The molecule has 112 valence electrons. The Bertz CT molecular complexity index is 601. The molecule has 1 unspecified atom stereocenters. The molecule has 0 aromatic heterocycles. The molecule has 21 heavy (non-hydrogen) atoms. The number of hydrogen-bond donors (Lipinski definition) is 2. The highest BCUT2D eigenvalue weighted by molar-refractivity contribution is 5.98. The van der Waals surface area contributed by atoms with Gasteiger partial charge < -0.3 is 19.8 Å². The van der Waals surface area contributed by atoms with Crippen LogP contribution < -0.4 is 9.64 Å². The van der Waals surface area contributed by atoms with E-state index in [1.54, 1.807) is 0 Å². The predicted octanol–water partition coefficient (Wildman–Crippen LogP) is 0.156. The number of nitro benzene ring substituents is 1. The van der Waals surface area contributed by atoms with Crippen LogP contribution in [-0.2, 0) is 9.59 Å². The van der Waals surface area contributed by atoms with Gasteiger partial charge in [0.1, 0.15) is 5.75 Å². The number of carbonyl (C=O) groups is 2. The number of amides is 1. The third-order valence-electron chi connectivity index (χ3n) is 2.90. The van der Waals surface area contributed by atoms with Crippen molar-refractivity contribution in [1.29, 1.82) is 0 Å². The van der Waals surface area contributed by atoms with Crippen LogP contribution in [0, 0.1) is 10.1 Å². The quantitative estimate of drug-likeness (QED) is 0.584. The first-order valence-electron chi connectivity index (χ1n) is 6.00. The SMILES string of the molecule is O=C(O)CC(O)CN1C(=O)COc2ccc([N+](=O)[O-])cc21. The fourth-order valence-corrected chi connectivity index (χ4v) is 1.98. The second-order valence-corrected chi connectivity index (χ2v) is 4.45. The van der Waals surface area contributed by atoms with Crippen LogP contribution in [0.1, 0.15) is 6.42 Å². The number of aliphatic hydroxyl groups is 1. The highest BCUT2D eigenvalue weighted by Gasteiger charge is 2.29. The Morgan fingerprint density at radius 3 is 2.86 bits per heavy atom. The van der Waals surface area contributed by atoms with Gasteiger partial charge >= 0.3 is 5.97 Å². The first kappa shape index (κ1) is 14.7. The minimum absolute atomic E-state index is 0.143. The third-order valence-corrected chi connectivity index (χ3v) is 2.90. The second-order valence-electron chi connectivity index (χ2n) is 4.45. The summed E-state index contributed by atoms with van der Waals surface area (Å²) < 4.78 is 5.15. The molecule has 1 aromatic carbocycles. The number of carboxylic acid groups (broad SMARTS) is 1. The Balaban J connectivity index is 2.30. The Morgan fingerprint density at radius 2 is 2.24 bits per heavy atom. The normalized spacial score (nSPS) is 15.1. The lowest BCUT2D eigenvalue weighted by Gasteiger charge is -2.30. The van der Waals surface area contributed by atoms with Gasteiger partial charge in [-0.1, -0.05) is 0 Å². The smallest absolute Gasteiger partial charge is 0.306 e. The number of rotatable bonds is 5. The highest BCUT2D eigenvalue weighted by Crippen LogP contribution is 2.35. The van der Waals surface area contributed by atoms with Crippen LogP contribution in [0.25, 0.3) is 0 Å². The number of nitro groups is 1. The molecule has 1 atom stereocenters. The summed E-state index contributed by atoms with van der Waals surface area (Å²) in [5.41, 5.74) is -0.0883. The Hall–Kier alpha value is -2.68. The molecule has 0 saturated heterocycles. The number of fused-ring (bicyclic) bond motifs is 1. The van der Waals surface area contributed by atoms with Crippen LogP contribution in [0.15, 0.2) is 18.2 Å². The number of nitrogens with zero attached hydrogens (tertiary/aromatic N) is 2. The van der Waals surface area contributed by atoms with Gasteiger partial charge in [-0.15, -0.1) is 0 Å². The van der Waals surface area contributed by atoms with Crippen LogP contribution in [-0.4, -0.2) is 46.3 Å². The molecule has 0 saturated carbocycles. The molecule has 0 fully saturated rings. The van der Waals surface area contributed by atoms with Crippen molar-refractivity contribution in [1.82, 2.24) is 0 Å². The summed E-state index contributed by atoms with van der Waals surface area (Å²) >= 11 is 0. The lowest BCUT2D eigenvalue weighted by atomic mass is 10.1. The predicted molar refractivity (Wildman–Crippen MR) is 69.2 cm³/mol. The number of ether oxygens (including phenoxy) is 1. The average Bonchev–Trinajstić information content (AvgIpc) is 2.40. The van der Waals surface area contributed by atoms with Gasteiger partial charge in [0.15, 0.2) is 6.61 Å². The molecule has 0 spiro atoms. The Morgan fingerprint density at radius 1 is 1.52 bits per heavy atom. The van der Waals surface area contributed by atoms with Gasteiger partial charge in [-0.25, -0.2) is 0 Å².